The van der Waals surface area contributed by atoms with E-state index in [1.165, 1.54) is 44.5 Å². The Labute approximate surface area is 204 Å². The highest BCUT2D eigenvalue weighted by molar-refractivity contribution is 9.10. The summed E-state index contributed by atoms with van der Waals surface area (Å²) in [6.07, 6.45) is 0. The van der Waals surface area contributed by atoms with E-state index in [-0.39, 0.29) is 0 Å². The minimum Gasteiger partial charge on any atom is -0.0622 e. The minimum atomic E-state index is 1.09. The lowest BCUT2D eigenvalue weighted by Gasteiger charge is -2.18. The van der Waals surface area contributed by atoms with E-state index in [0.717, 1.165) is 4.47 Å². The van der Waals surface area contributed by atoms with Gasteiger partial charge in [-0.1, -0.05) is 143 Å². The number of rotatable bonds is 5. The second-order valence-corrected chi connectivity index (χ2v) is 8.85. The lowest BCUT2D eigenvalue weighted by Crippen LogP contribution is -1.97. The highest BCUT2D eigenvalue weighted by Crippen LogP contribution is 2.37. The summed E-state index contributed by atoms with van der Waals surface area (Å²) in [6.45, 7) is 0. The molecule has 0 unspecified atom stereocenters. The lowest BCUT2D eigenvalue weighted by molar-refractivity contribution is 1.50. The quantitative estimate of drug-likeness (QED) is 0.217. The van der Waals surface area contributed by atoms with Gasteiger partial charge in [-0.15, -0.1) is 0 Å². The lowest BCUT2D eigenvalue weighted by atomic mass is 9.85. The molecule has 0 aliphatic carbocycles. The van der Waals surface area contributed by atoms with Gasteiger partial charge in [0.2, 0.25) is 0 Å². The maximum atomic E-state index is 3.53. The Balaban J connectivity index is 1.73. The maximum absolute atomic E-state index is 3.53. The van der Waals surface area contributed by atoms with E-state index in [1.807, 2.05) is 0 Å². The van der Waals surface area contributed by atoms with E-state index < -0.39 is 0 Å². The smallest absolute Gasteiger partial charge is 0.0175 e. The van der Waals surface area contributed by atoms with Gasteiger partial charge in [0.05, 0.1) is 0 Å². The van der Waals surface area contributed by atoms with Crippen LogP contribution in [0.3, 0.4) is 0 Å². The molecule has 0 heterocycles. The first-order valence-electron chi connectivity index (χ1n) is 11.1. The Morgan fingerprint density at radius 3 is 1.00 bits per heavy atom. The first-order valence-corrected chi connectivity index (χ1v) is 11.9. The van der Waals surface area contributed by atoms with Crippen molar-refractivity contribution in [1.29, 1.82) is 0 Å². The van der Waals surface area contributed by atoms with Crippen molar-refractivity contribution >= 4 is 27.1 Å². The van der Waals surface area contributed by atoms with Crippen LogP contribution in [0.1, 0.15) is 22.3 Å². The molecule has 0 aromatic heterocycles. The van der Waals surface area contributed by atoms with Crippen molar-refractivity contribution in [3.63, 3.8) is 0 Å². The van der Waals surface area contributed by atoms with E-state index in [1.54, 1.807) is 0 Å². The molecule has 0 radical (unpaired) electrons. The predicted octanol–water partition coefficient (Wildman–Crippen LogP) is 9.12. The fraction of sp³-hybridized carbons (Fsp3) is 0. The van der Waals surface area contributed by atoms with Crippen LogP contribution in [0.2, 0.25) is 0 Å². The van der Waals surface area contributed by atoms with Crippen LogP contribution in [0.15, 0.2) is 144 Å². The molecule has 0 nitrogen and oxygen atoms in total. The predicted molar refractivity (Wildman–Crippen MR) is 144 cm³/mol. The average molecular weight is 487 g/mol. The molecule has 0 aliphatic rings. The van der Waals surface area contributed by atoms with Crippen LogP contribution in [0.4, 0.5) is 0 Å². The van der Waals surface area contributed by atoms with Gasteiger partial charge in [-0.3, -0.25) is 0 Å². The van der Waals surface area contributed by atoms with E-state index in [4.69, 9.17) is 0 Å². The topological polar surface area (TPSA) is 0 Å². The van der Waals surface area contributed by atoms with Crippen molar-refractivity contribution in [2.45, 2.75) is 0 Å². The van der Waals surface area contributed by atoms with Crippen LogP contribution >= 0.6 is 15.9 Å². The number of benzene rings is 5. The third-order valence-corrected chi connectivity index (χ3v) is 6.32. The van der Waals surface area contributed by atoms with Gasteiger partial charge in [0.1, 0.15) is 0 Å². The molecule has 0 N–H and O–H groups in total. The van der Waals surface area contributed by atoms with E-state index in [2.05, 4.69) is 155 Å². The van der Waals surface area contributed by atoms with Gasteiger partial charge < -0.3 is 0 Å². The van der Waals surface area contributed by atoms with Gasteiger partial charge in [0.15, 0.2) is 0 Å². The maximum Gasteiger partial charge on any atom is 0.0175 e. The van der Waals surface area contributed by atoms with Crippen molar-refractivity contribution in [3.05, 3.63) is 166 Å². The van der Waals surface area contributed by atoms with Crippen LogP contribution in [0.25, 0.3) is 22.3 Å². The summed E-state index contributed by atoms with van der Waals surface area (Å²) in [5.74, 6) is 0. The number of hydrogen-bond donors (Lipinski definition) is 0. The minimum absolute atomic E-state index is 1.09. The van der Waals surface area contributed by atoms with Crippen LogP contribution in [-0.4, -0.2) is 0 Å². The Kier molecular flexibility index (Phi) is 6.32. The van der Waals surface area contributed by atoms with Crippen LogP contribution in [0.5, 0.6) is 0 Å². The highest BCUT2D eigenvalue weighted by atomic mass is 79.9. The molecule has 0 saturated heterocycles. The van der Waals surface area contributed by atoms with Crippen LogP contribution in [0, 0.1) is 0 Å². The highest BCUT2D eigenvalue weighted by Gasteiger charge is 2.16. The van der Waals surface area contributed by atoms with Crippen LogP contribution < -0.4 is 0 Å². The van der Waals surface area contributed by atoms with E-state index >= 15 is 0 Å². The number of hydrogen-bond acceptors (Lipinski definition) is 0. The molecule has 0 spiro atoms. The number of halogens is 1. The summed E-state index contributed by atoms with van der Waals surface area (Å²) in [4.78, 5) is 0. The Hall–Kier alpha value is -3.68. The van der Waals surface area contributed by atoms with Gasteiger partial charge in [-0.05, 0) is 56.7 Å². The largest absolute Gasteiger partial charge is 0.0622 e. The Morgan fingerprint density at radius 2 is 0.636 bits per heavy atom. The zero-order chi connectivity index (χ0) is 22.5. The van der Waals surface area contributed by atoms with Crippen LogP contribution in [-0.2, 0) is 0 Å². The second kappa shape index (κ2) is 9.85. The normalized spacial score (nSPS) is 10.6. The average Bonchev–Trinajstić information content (AvgIpc) is 2.89. The van der Waals surface area contributed by atoms with Crippen molar-refractivity contribution < 1.29 is 0 Å². The molecule has 0 aliphatic heterocycles. The van der Waals surface area contributed by atoms with Crippen molar-refractivity contribution in [2.75, 3.05) is 0 Å². The Morgan fingerprint density at radius 1 is 0.333 bits per heavy atom. The second-order valence-electron chi connectivity index (χ2n) is 7.93. The van der Waals surface area contributed by atoms with Gasteiger partial charge >= 0.3 is 0 Å². The first-order chi connectivity index (χ1) is 16.3. The monoisotopic (exact) mass is 486 g/mol. The molecule has 0 fully saturated rings. The molecule has 0 saturated carbocycles. The van der Waals surface area contributed by atoms with Crippen molar-refractivity contribution in [2.24, 2.45) is 0 Å². The molecule has 0 amide bonds. The molecule has 5 rings (SSSR count). The zero-order valence-electron chi connectivity index (χ0n) is 18.2. The van der Waals surface area contributed by atoms with E-state index in [0.29, 0.717) is 0 Å². The summed E-state index contributed by atoms with van der Waals surface area (Å²) in [7, 11) is 0. The van der Waals surface area contributed by atoms with Gasteiger partial charge in [-0.2, -0.15) is 0 Å². The molecule has 33 heavy (non-hydrogen) atoms. The summed E-state index contributed by atoms with van der Waals surface area (Å²) in [6, 6.07) is 49.4. The summed E-state index contributed by atoms with van der Waals surface area (Å²) >= 11 is 3.53. The SMILES string of the molecule is Brc1ccc(-c2ccc(C(=C(c3ccccc3)c3ccccc3)c3ccccc3)cc2)cc1. The van der Waals surface area contributed by atoms with Gasteiger partial charge in [0, 0.05) is 4.47 Å². The van der Waals surface area contributed by atoms with Gasteiger partial charge in [-0.25, -0.2) is 0 Å². The fourth-order valence-corrected chi connectivity index (χ4v) is 4.46. The molecule has 0 bridgehead atoms. The first kappa shape index (κ1) is 21.2. The third kappa shape index (κ3) is 4.74. The summed E-state index contributed by atoms with van der Waals surface area (Å²) in [5.41, 5.74) is 9.70. The summed E-state index contributed by atoms with van der Waals surface area (Å²) < 4.78 is 1.09. The molecule has 1 heteroatoms. The molecule has 158 valence electrons. The van der Waals surface area contributed by atoms with Crippen molar-refractivity contribution in [1.82, 2.24) is 0 Å². The summed E-state index contributed by atoms with van der Waals surface area (Å²) in [5, 5.41) is 0. The molecular formula is C32H23Br. The standard InChI is InChI=1S/C32H23Br/c33-30-22-20-25(21-23-30)24-16-18-29(19-17-24)32(28-14-8-3-9-15-28)31(26-10-4-1-5-11-26)27-12-6-2-7-13-27/h1-23H. The van der Waals surface area contributed by atoms with Crippen molar-refractivity contribution in [3.8, 4) is 11.1 Å². The zero-order valence-corrected chi connectivity index (χ0v) is 19.7. The molecular weight excluding hydrogens is 464 g/mol. The van der Waals surface area contributed by atoms with E-state index in [9.17, 15) is 0 Å². The third-order valence-electron chi connectivity index (χ3n) is 5.79. The Bertz CT molecular complexity index is 1310. The fourth-order valence-electron chi connectivity index (χ4n) is 4.20. The molecule has 5 aromatic rings. The van der Waals surface area contributed by atoms with Gasteiger partial charge in [0.25, 0.3) is 0 Å². The molecule has 5 aromatic carbocycles. The molecule has 0 atom stereocenters.